The highest BCUT2D eigenvalue weighted by Gasteiger charge is 2.35. The topological polar surface area (TPSA) is 92.1 Å². The fourth-order valence-corrected chi connectivity index (χ4v) is 4.71. The van der Waals surface area contributed by atoms with Gasteiger partial charge < -0.3 is 10.1 Å². The fourth-order valence-electron chi connectivity index (χ4n) is 4.71. The molecule has 0 radical (unpaired) electrons. The van der Waals surface area contributed by atoms with Crippen LogP contribution in [0.2, 0.25) is 0 Å². The van der Waals surface area contributed by atoms with Crippen LogP contribution in [0.25, 0.3) is 11.3 Å². The fraction of sp³-hybridized carbons (Fsp3) is 0.333. The molecule has 0 bridgehead atoms. The van der Waals surface area contributed by atoms with Crippen LogP contribution in [0.15, 0.2) is 54.6 Å². The lowest BCUT2D eigenvalue weighted by molar-refractivity contribution is 0.224. The van der Waals surface area contributed by atoms with E-state index in [2.05, 4.69) is 11.4 Å². The van der Waals surface area contributed by atoms with E-state index in [9.17, 15) is 5.26 Å². The zero-order valence-electron chi connectivity index (χ0n) is 17.4. The summed E-state index contributed by atoms with van der Waals surface area (Å²) in [7, 11) is 0. The zero-order chi connectivity index (χ0) is 21.2. The minimum absolute atomic E-state index is 0.276. The van der Waals surface area contributed by atoms with Gasteiger partial charge in [-0.15, -0.1) is 0 Å². The lowest BCUT2D eigenvalue weighted by Crippen LogP contribution is -2.43. The first-order valence-corrected chi connectivity index (χ1v) is 10.8. The standard InChI is InChI=1S/C24H26N6O/c25-16-21-23(18-6-8-20(9-7-18)31-19-4-2-1-3-5-19)28-30-22(12-15-29(26)24(21)30)17-10-13-27-14-11-17/h1-9,17,22,27H,10-15,26H2/t22-/m0/s1. The molecular formula is C24H26N6O. The van der Waals surface area contributed by atoms with Crippen molar-refractivity contribution in [2.24, 2.45) is 11.8 Å². The average Bonchev–Trinajstić information content (AvgIpc) is 3.21. The van der Waals surface area contributed by atoms with E-state index in [1.165, 1.54) is 0 Å². The van der Waals surface area contributed by atoms with Gasteiger partial charge in [0.25, 0.3) is 0 Å². The molecule has 158 valence electrons. The van der Waals surface area contributed by atoms with Crippen LogP contribution in [0, 0.1) is 17.2 Å². The number of fused-ring (bicyclic) bond motifs is 1. The lowest BCUT2D eigenvalue weighted by atomic mass is 9.87. The van der Waals surface area contributed by atoms with Gasteiger partial charge in [-0.25, -0.2) is 10.5 Å². The van der Waals surface area contributed by atoms with Crippen molar-refractivity contribution in [1.29, 1.82) is 5.26 Å². The number of ether oxygens (including phenoxy) is 1. The highest BCUT2D eigenvalue weighted by molar-refractivity contribution is 5.74. The molecule has 7 heteroatoms. The van der Waals surface area contributed by atoms with Gasteiger partial charge >= 0.3 is 0 Å². The molecule has 1 saturated heterocycles. The number of rotatable bonds is 4. The third kappa shape index (κ3) is 3.76. The third-order valence-electron chi connectivity index (χ3n) is 6.28. The molecule has 0 amide bonds. The van der Waals surface area contributed by atoms with Crippen molar-refractivity contribution in [3.8, 4) is 28.8 Å². The van der Waals surface area contributed by atoms with Crippen molar-refractivity contribution >= 4 is 5.82 Å². The smallest absolute Gasteiger partial charge is 0.160 e. The molecule has 3 aromatic rings. The molecule has 2 aromatic carbocycles. The van der Waals surface area contributed by atoms with Crippen LogP contribution in [0.5, 0.6) is 11.5 Å². The molecule has 3 N–H and O–H groups in total. The summed E-state index contributed by atoms with van der Waals surface area (Å²) in [5.74, 6) is 9.12. The summed E-state index contributed by atoms with van der Waals surface area (Å²) in [4.78, 5) is 0. The Labute approximate surface area is 182 Å². The highest BCUT2D eigenvalue weighted by Crippen LogP contribution is 2.40. The first-order valence-electron chi connectivity index (χ1n) is 10.8. The zero-order valence-corrected chi connectivity index (χ0v) is 17.4. The van der Waals surface area contributed by atoms with E-state index < -0.39 is 0 Å². The van der Waals surface area contributed by atoms with Gasteiger partial charge in [0.05, 0.1) is 6.04 Å². The van der Waals surface area contributed by atoms with Gasteiger partial charge in [-0.05, 0) is 74.7 Å². The number of nitrogens with two attached hydrogens (primary N) is 1. The van der Waals surface area contributed by atoms with Crippen molar-refractivity contribution in [2.75, 3.05) is 24.6 Å². The molecule has 7 nitrogen and oxygen atoms in total. The molecule has 5 rings (SSSR count). The van der Waals surface area contributed by atoms with Crippen molar-refractivity contribution < 1.29 is 4.74 Å². The average molecular weight is 415 g/mol. The number of hydrogen-bond donors (Lipinski definition) is 2. The third-order valence-corrected chi connectivity index (χ3v) is 6.28. The van der Waals surface area contributed by atoms with Crippen LogP contribution in [-0.4, -0.2) is 29.4 Å². The number of nitriles is 1. The predicted octanol–water partition coefficient (Wildman–Crippen LogP) is 3.84. The normalized spacial score (nSPS) is 19.0. The molecule has 0 spiro atoms. The monoisotopic (exact) mass is 414 g/mol. The molecular weight excluding hydrogens is 388 g/mol. The van der Waals surface area contributed by atoms with Gasteiger partial charge in [0, 0.05) is 12.1 Å². The summed E-state index contributed by atoms with van der Waals surface area (Å²) in [5, 5.41) is 20.0. The maximum absolute atomic E-state index is 9.97. The highest BCUT2D eigenvalue weighted by atomic mass is 16.5. The van der Waals surface area contributed by atoms with Crippen molar-refractivity contribution in [1.82, 2.24) is 15.1 Å². The SMILES string of the molecule is N#Cc1c(-c2ccc(Oc3ccccc3)cc2)nn2c1N(N)CC[C@H]2C1CCNCC1. The molecule has 1 atom stereocenters. The quantitative estimate of drug-likeness (QED) is 0.630. The van der Waals surface area contributed by atoms with Crippen molar-refractivity contribution in [3.05, 3.63) is 60.2 Å². The second-order valence-corrected chi connectivity index (χ2v) is 8.18. The van der Waals surface area contributed by atoms with Crippen LogP contribution in [0.1, 0.15) is 30.9 Å². The number of para-hydroxylation sites is 1. The maximum atomic E-state index is 9.97. The molecule has 3 heterocycles. The van der Waals surface area contributed by atoms with Crippen LogP contribution in [0.3, 0.4) is 0 Å². The Balaban J connectivity index is 1.48. The first kappa shape index (κ1) is 19.6. The molecule has 1 fully saturated rings. The Bertz CT molecular complexity index is 1080. The minimum Gasteiger partial charge on any atom is -0.457 e. The van der Waals surface area contributed by atoms with E-state index >= 15 is 0 Å². The second-order valence-electron chi connectivity index (χ2n) is 8.18. The Kier molecular flexibility index (Phi) is 5.33. The van der Waals surface area contributed by atoms with E-state index in [1.807, 2.05) is 59.3 Å². The Morgan fingerprint density at radius 2 is 1.71 bits per heavy atom. The minimum atomic E-state index is 0.276. The maximum Gasteiger partial charge on any atom is 0.160 e. The molecule has 0 aliphatic carbocycles. The van der Waals surface area contributed by atoms with Gasteiger partial charge in [0.15, 0.2) is 5.82 Å². The molecule has 1 aromatic heterocycles. The summed E-state index contributed by atoms with van der Waals surface area (Å²) in [6, 6.07) is 20.0. The van der Waals surface area contributed by atoms with Crippen LogP contribution in [-0.2, 0) is 0 Å². The molecule has 2 aliphatic heterocycles. The Morgan fingerprint density at radius 3 is 2.42 bits per heavy atom. The van der Waals surface area contributed by atoms with Gasteiger partial charge in [0.2, 0.25) is 0 Å². The number of hydrazine groups is 1. The van der Waals surface area contributed by atoms with E-state index in [0.29, 0.717) is 17.2 Å². The molecule has 31 heavy (non-hydrogen) atoms. The summed E-state index contributed by atoms with van der Waals surface area (Å²) < 4.78 is 7.91. The first-order chi connectivity index (χ1) is 15.2. The van der Waals surface area contributed by atoms with Gasteiger partial charge in [-0.2, -0.15) is 10.4 Å². The lowest BCUT2D eigenvalue weighted by Gasteiger charge is -2.37. The predicted molar refractivity (Wildman–Crippen MR) is 120 cm³/mol. The van der Waals surface area contributed by atoms with Crippen molar-refractivity contribution in [3.63, 3.8) is 0 Å². The van der Waals surface area contributed by atoms with Crippen LogP contribution < -0.4 is 20.9 Å². The van der Waals surface area contributed by atoms with E-state index in [4.69, 9.17) is 15.7 Å². The largest absolute Gasteiger partial charge is 0.457 e. The van der Waals surface area contributed by atoms with Gasteiger partial charge in [0.1, 0.15) is 28.8 Å². The van der Waals surface area contributed by atoms with Gasteiger partial charge in [-0.1, -0.05) is 18.2 Å². The number of aromatic nitrogens is 2. The number of piperidine rings is 1. The molecule has 2 aliphatic rings. The Hall–Kier alpha value is -3.34. The van der Waals surface area contributed by atoms with Gasteiger partial charge in [-0.3, -0.25) is 5.01 Å². The summed E-state index contributed by atoms with van der Waals surface area (Å²) in [6.07, 6.45) is 3.19. The number of benzene rings is 2. The Morgan fingerprint density at radius 1 is 1.00 bits per heavy atom. The van der Waals surface area contributed by atoms with E-state index in [1.54, 1.807) is 5.01 Å². The summed E-state index contributed by atoms with van der Waals surface area (Å²) >= 11 is 0. The second kappa shape index (κ2) is 8.42. The number of nitrogens with zero attached hydrogens (tertiary/aromatic N) is 4. The van der Waals surface area contributed by atoms with Crippen molar-refractivity contribution in [2.45, 2.75) is 25.3 Å². The van der Waals surface area contributed by atoms with E-state index in [0.717, 1.165) is 61.8 Å². The molecule has 0 unspecified atom stereocenters. The number of hydrogen-bond acceptors (Lipinski definition) is 6. The van der Waals surface area contributed by atoms with Crippen LogP contribution >= 0.6 is 0 Å². The van der Waals surface area contributed by atoms with Crippen LogP contribution in [0.4, 0.5) is 5.82 Å². The van der Waals surface area contributed by atoms with E-state index in [-0.39, 0.29) is 6.04 Å². The summed E-state index contributed by atoms with van der Waals surface area (Å²) in [5.41, 5.74) is 2.11. The number of nitrogens with one attached hydrogen (secondary N) is 1. The molecule has 0 saturated carbocycles. The summed E-state index contributed by atoms with van der Waals surface area (Å²) in [6.45, 7) is 2.80. The number of anilines is 1.